The van der Waals surface area contributed by atoms with E-state index in [0.717, 1.165) is 51.3 Å². The molecule has 168 valence electrons. The van der Waals surface area contributed by atoms with Gasteiger partial charge in [0.2, 0.25) is 0 Å². The van der Waals surface area contributed by atoms with Crippen molar-refractivity contribution in [3.05, 3.63) is 115 Å². The Morgan fingerprint density at radius 1 is 0.765 bits per heavy atom. The number of hydrogen-bond donors (Lipinski definition) is 1. The molecule has 0 radical (unpaired) electrons. The molecule has 3 aromatic carbocycles. The van der Waals surface area contributed by atoms with Crippen LogP contribution in [-0.2, 0) is 6.42 Å². The van der Waals surface area contributed by atoms with Crippen LogP contribution in [-0.4, -0.2) is 32.3 Å². The third kappa shape index (κ3) is 5.53. The van der Waals surface area contributed by atoms with Crippen LogP contribution < -0.4 is 4.74 Å². The molecule has 0 aliphatic carbocycles. The van der Waals surface area contributed by atoms with Gasteiger partial charge in [0.25, 0.3) is 0 Å². The van der Waals surface area contributed by atoms with E-state index in [1.54, 1.807) is 18.0 Å². The molecule has 0 fully saturated rings. The quantitative estimate of drug-likeness (QED) is 0.205. The number of nitrogens with zero attached hydrogens (tertiary/aromatic N) is 3. The van der Waals surface area contributed by atoms with Crippen molar-refractivity contribution in [2.24, 2.45) is 0 Å². The maximum Gasteiger partial charge on any atom is 0.119 e. The van der Waals surface area contributed by atoms with E-state index in [-0.39, 0.29) is 0 Å². The second kappa shape index (κ2) is 10.8. The molecule has 5 rings (SSSR count). The van der Waals surface area contributed by atoms with Gasteiger partial charge in [0.1, 0.15) is 16.6 Å². The summed E-state index contributed by atoms with van der Waals surface area (Å²) >= 11 is 1.65. The number of H-pyrrole nitrogens is 1. The first-order valence-corrected chi connectivity index (χ1v) is 12.1. The zero-order valence-corrected chi connectivity index (χ0v) is 19.4. The molecule has 0 spiro atoms. The number of aromatic nitrogens is 4. The largest absolute Gasteiger partial charge is 0.493 e. The highest BCUT2D eigenvalue weighted by Crippen LogP contribution is 2.30. The number of ether oxygens (including phenoxy) is 1. The standard InChI is InChI=1S/C28H24N4OS/c1-3-7-22(8-4-1)27-28(23-9-5-2-6-10-23)32-26(20-31-27)34-18-17-33-24-13-11-21(12-14-24)19-25-29-15-16-30-25/h1-16,20H,17-19H2,(H,29,30). The Balaban J connectivity index is 1.22. The Bertz CT molecular complexity index is 1310. The number of aromatic amines is 1. The summed E-state index contributed by atoms with van der Waals surface area (Å²) in [6, 6.07) is 28.6. The van der Waals surface area contributed by atoms with Crippen LogP contribution in [0.15, 0.2) is 109 Å². The Morgan fingerprint density at radius 2 is 1.47 bits per heavy atom. The van der Waals surface area contributed by atoms with Gasteiger partial charge in [-0.05, 0) is 17.7 Å². The van der Waals surface area contributed by atoms with Gasteiger partial charge < -0.3 is 9.72 Å². The minimum absolute atomic E-state index is 0.588. The van der Waals surface area contributed by atoms with E-state index in [1.807, 2.05) is 60.9 Å². The van der Waals surface area contributed by atoms with Gasteiger partial charge in [0.15, 0.2) is 0 Å². The van der Waals surface area contributed by atoms with Gasteiger partial charge in [0.05, 0.1) is 24.2 Å². The maximum absolute atomic E-state index is 5.93. The molecule has 1 N–H and O–H groups in total. The van der Waals surface area contributed by atoms with Crippen LogP contribution >= 0.6 is 11.8 Å². The summed E-state index contributed by atoms with van der Waals surface area (Å²) < 4.78 is 5.93. The molecule has 0 aliphatic rings. The van der Waals surface area contributed by atoms with Crippen molar-refractivity contribution >= 4 is 11.8 Å². The summed E-state index contributed by atoms with van der Waals surface area (Å²) in [4.78, 5) is 17.1. The molecule has 0 bridgehead atoms. The molecule has 0 amide bonds. The van der Waals surface area contributed by atoms with Gasteiger partial charge in [-0.15, -0.1) is 11.8 Å². The lowest BCUT2D eigenvalue weighted by Gasteiger charge is -2.11. The molecule has 5 aromatic rings. The van der Waals surface area contributed by atoms with E-state index in [2.05, 4.69) is 46.4 Å². The molecule has 5 nitrogen and oxygen atoms in total. The van der Waals surface area contributed by atoms with Crippen molar-refractivity contribution in [1.82, 2.24) is 19.9 Å². The summed E-state index contributed by atoms with van der Waals surface area (Å²) in [5.74, 6) is 2.60. The van der Waals surface area contributed by atoms with E-state index in [4.69, 9.17) is 14.7 Å². The van der Waals surface area contributed by atoms with Crippen molar-refractivity contribution in [2.75, 3.05) is 12.4 Å². The fourth-order valence-corrected chi connectivity index (χ4v) is 4.30. The fourth-order valence-electron chi connectivity index (χ4n) is 3.64. The summed E-state index contributed by atoms with van der Waals surface area (Å²) in [6.07, 6.45) is 6.24. The molecule has 2 aromatic heterocycles. The predicted molar refractivity (Wildman–Crippen MR) is 137 cm³/mol. The molecule has 0 aliphatic heterocycles. The van der Waals surface area contributed by atoms with Crippen LogP contribution in [0.3, 0.4) is 0 Å². The number of rotatable bonds is 9. The van der Waals surface area contributed by atoms with E-state index < -0.39 is 0 Å². The summed E-state index contributed by atoms with van der Waals surface area (Å²) in [5.41, 5.74) is 5.09. The molecule has 34 heavy (non-hydrogen) atoms. The third-order valence-corrected chi connectivity index (χ3v) is 6.16. The molecular weight excluding hydrogens is 440 g/mol. The second-order valence-corrected chi connectivity index (χ2v) is 8.81. The third-order valence-electron chi connectivity index (χ3n) is 5.30. The van der Waals surface area contributed by atoms with E-state index in [9.17, 15) is 0 Å². The average Bonchev–Trinajstić information content (AvgIpc) is 3.42. The minimum atomic E-state index is 0.588. The Morgan fingerprint density at radius 3 is 2.15 bits per heavy atom. The molecule has 0 atom stereocenters. The summed E-state index contributed by atoms with van der Waals surface area (Å²) in [6.45, 7) is 0.588. The van der Waals surface area contributed by atoms with E-state index in [1.165, 1.54) is 5.56 Å². The summed E-state index contributed by atoms with van der Waals surface area (Å²) in [7, 11) is 0. The van der Waals surface area contributed by atoms with Gasteiger partial charge >= 0.3 is 0 Å². The van der Waals surface area contributed by atoms with Gasteiger partial charge in [-0.25, -0.2) is 9.97 Å². The topological polar surface area (TPSA) is 63.7 Å². The highest BCUT2D eigenvalue weighted by Gasteiger charge is 2.12. The zero-order chi connectivity index (χ0) is 23.0. The first kappa shape index (κ1) is 21.9. The van der Waals surface area contributed by atoms with Crippen molar-refractivity contribution in [3.8, 4) is 28.3 Å². The van der Waals surface area contributed by atoms with Gasteiger partial charge in [0, 0.05) is 35.7 Å². The van der Waals surface area contributed by atoms with Crippen LogP contribution in [0.5, 0.6) is 5.75 Å². The molecule has 0 saturated carbocycles. The lowest BCUT2D eigenvalue weighted by atomic mass is 10.0. The smallest absolute Gasteiger partial charge is 0.119 e. The number of nitrogens with one attached hydrogen (secondary N) is 1. The van der Waals surface area contributed by atoms with E-state index >= 15 is 0 Å². The van der Waals surface area contributed by atoms with E-state index in [0.29, 0.717) is 6.61 Å². The maximum atomic E-state index is 5.93. The highest BCUT2D eigenvalue weighted by atomic mass is 32.2. The molecular formula is C28H24N4OS. The Labute approximate surface area is 203 Å². The van der Waals surface area contributed by atoms with Crippen LogP contribution in [0, 0.1) is 0 Å². The van der Waals surface area contributed by atoms with Crippen LogP contribution in [0.4, 0.5) is 0 Å². The lowest BCUT2D eigenvalue weighted by Crippen LogP contribution is -2.01. The zero-order valence-electron chi connectivity index (χ0n) is 18.6. The predicted octanol–water partition coefficient (Wildman–Crippen LogP) is 6.30. The van der Waals surface area contributed by atoms with Crippen LogP contribution in [0.25, 0.3) is 22.5 Å². The molecule has 2 heterocycles. The van der Waals surface area contributed by atoms with Crippen molar-refractivity contribution in [2.45, 2.75) is 11.4 Å². The molecule has 0 saturated heterocycles. The van der Waals surface area contributed by atoms with Crippen LogP contribution in [0.2, 0.25) is 0 Å². The van der Waals surface area contributed by atoms with Crippen molar-refractivity contribution in [3.63, 3.8) is 0 Å². The second-order valence-electron chi connectivity index (χ2n) is 7.69. The first-order valence-electron chi connectivity index (χ1n) is 11.2. The highest BCUT2D eigenvalue weighted by molar-refractivity contribution is 7.99. The van der Waals surface area contributed by atoms with Crippen molar-refractivity contribution in [1.29, 1.82) is 0 Å². The van der Waals surface area contributed by atoms with Gasteiger partial charge in [-0.3, -0.25) is 4.98 Å². The number of thioether (sulfide) groups is 1. The monoisotopic (exact) mass is 464 g/mol. The number of benzene rings is 3. The SMILES string of the molecule is c1ccc(-c2ncc(SCCOc3ccc(Cc4ncc[nH]4)cc3)nc2-c2ccccc2)cc1. The van der Waals surface area contributed by atoms with Gasteiger partial charge in [-0.2, -0.15) is 0 Å². The van der Waals surface area contributed by atoms with Crippen molar-refractivity contribution < 1.29 is 4.74 Å². The molecule has 6 heteroatoms. The lowest BCUT2D eigenvalue weighted by molar-refractivity contribution is 0.344. The van der Waals surface area contributed by atoms with Gasteiger partial charge in [-0.1, -0.05) is 72.8 Å². The minimum Gasteiger partial charge on any atom is -0.493 e. The molecule has 0 unspecified atom stereocenters. The average molecular weight is 465 g/mol. The Hall–Kier alpha value is -3.90. The Kier molecular flexibility index (Phi) is 6.97. The fraction of sp³-hybridized carbons (Fsp3) is 0.107. The normalized spacial score (nSPS) is 10.8. The number of hydrogen-bond acceptors (Lipinski definition) is 5. The first-order chi connectivity index (χ1) is 16.8. The summed E-state index contributed by atoms with van der Waals surface area (Å²) in [5, 5.41) is 0.885. The number of imidazole rings is 1. The van der Waals surface area contributed by atoms with Crippen LogP contribution in [0.1, 0.15) is 11.4 Å².